The molecule has 0 radical (unpaired) electrons. The molecule has 0 spiro atoms. The number of aliphatic hydroxyl groups excluding tert-OH is 1. The molecule has 1 aliphatic heterocycles. The van der Waals surface area contributed by atoms with Crippen molar-refractivity contribution in [3.05, 3.63) is 0 Å². The number of aliphatic hydroxyl groups is 1. The van der Waals surface area contributed by atoms with Crippen molar-refractivity contribution >= 4 is 28.8 Å². The quantitative estimate of drug-likeness (QED) is 0.507. The lowest BCUT2D eigenvalue weighted by Crippen LogP contribution is -2.36. The van der Waals surface area contributed by atoms with Gasteiger partial charge in [-0.05, 0) is 6.42 Å². The molecule has 1 rings (SSSR count). The van der Waals surface area contributed by atoms with E-state index >= 15 is 0 Å². The summed E-state index contributed by atoms with van der Waals surface area (Å²) in [6.07, 6.45) is -0.144. The number of carboxylic acid groups (broad SMARTS) is 1. The van der Waals surface area contributed by atoms with Crippen LogP contribution in [0.1, 0.15) is 6.42 Å². The molecule has 2 atom stereocenters. The van der Waals surface area contributed by atoms with Gasteiger partial charge in [-0.25, -0.2) is 3.11 Å². The largest absolute Gasteiger partial charge is 0.480 e. The van der Waals surface area contributed by atoms with E-state index in [0.29, 0.717) is 13.0 Å². The Balaban J connectivity index is 2.63. The van der Waals surface area contributed by atoms with Gasteiger partial charge in [0, 0.05) is 29.4 Å². The normalized spacial score (nSPS) is 34.6. The third-order valence-corrected chi connectivity index (χ3v) is 2.64. The molecule has 1 saturated heterocycles. The molecule has 1 fully saturated rings. The smallest absolute Gasteiger partial charge is 0.324 e. The van der Waals surface area contributed by atoms with Crippen molar-refractivity contribution in [2.75, 3.05) is 6.54 Å². The molecule has 10 heavy (non-hydrogen) atoms. The maximum absolute atomic E-state index is 10.4. The molecule has 0 aromatic rings. The summed E-state index contributed by atoms with van der Waals surface area (Å²) in [7, 11) is 0. The fourth-order valence-electron chi connectivity index (χ4n) is 1.02. The Labute approximate surface area is 72.3 Å². The monoisotopic (exact) mass is 257 g/mol. The van der Waals surface area contributed by atoms with Crippen LogP contribution in [0.4, 0.5) is 0 Å². The Hall–Kier alpha value is 0.120. The number of carboxylic acids is 1. The van der Waals surface area contributed by atoms with Gasteiger partial charge in [0.25, 0.3) is 0 Å². The van der Waals surface area contributed by atoms with Gasteiger partial charge in [-0.2, -0.15) is 0 Å². The van der Waals surface area contributed by atoms with E-state index in [-0.39, 0.29) is 0 Å². The third-order valence-electron chi connectivity index (χ3n) is 1.56. The standard InChI is InChI=1S/C5H8INO3/c6-7-2-1-3(8)4(7)5(9)10/h3-4,8H,1-2H2,(H,9,10). The van der Waals surface area contributed by atoms with Crippen LogP contribution in [0.2, 0.25) is 0 Å². The molecule has 0 amide bonds. The lowest BCUT2D eigenvalue weighted by Gasteiger charge is -2.14. The number of hydrogen-bond donors (Lipinski definition) is 2. The van der Waals surface area contributed by atoms with E-state index in [1.54, 1.807) is 3.11 Å². The van der Waals surface area contributed by atoms with Crippen molar-refractivity contribution in [2.45, 2.75) is 18.6 Å². The van der Waals surface area contributed by atoms with Gasteiger partial charge < -0.3 is 10.2 Å². The second-order valence-electron chi connectivity index (χ2n) is 2.26. The summed E-state index contributed by atoms with van der Waals surface area (Å²) in [5, 5.41) is 17.7. The van der Waals surface area contributed by atoms with Crippen molar-refractivity contribution < 1.29 is 15.0 Å². The van der Waals surface area contributed by atoms with E-state index in [1.807, 2.05) is 22.9 Å². The predicted octanol–water partition coefficient (Wildman–Crippen LogP) is -0.144. The zero-order valence-electron chi connectivity index (χ0n) is 5.20. The van der Waals surface area contributed by atoms with Crippen LogP contribution in [0.15, 0.2) is 0 Å². The molecular weight excluding hydrogens is 249 g/mol. The number of hydrogen-bond acceptors (Lipinski definition) is 3. The molecule has 2 N–H and O–H groups in total. The number of halogens is 1. The number of nitrogens with zero attached hydrogens (tertiary/aromatic N) is 1. The average molecular weight is 257 g/mol. The maximum atomic E-state index is 10.4. The van der Waals surface area contributed by atoms with Crippen molar-refractivity contribution in [2.24, 2.45) is 0 Å². The van der Waals surface area contributed by atoms with Gasteiger partial charge in [0.1, 0.15) is 6.04 Å². The zero-order valence-corrected chi connectivity index (χ0v) is 7.35. The summed E-state index contributed by atoms with van der Waals surface area (Å²) < 4.78 is 1.62. The summed E-state index contributed by atoms with van der Waals surface area (Å²) in [6.45, 7) is 0.651. The van der Waals surface area contributed by atoms with E-state index in [2.05, 4.69) is 0 Å². The zero-order chi connectivity index (χ0) is 7.72. The van der Waals surface area contributed by atoms with Crippen LogP contribution in [-0.2, 0) is 4.79 Å². The molecule has 0 aliphatic carbocycles. The van der Waals surface area contributed by atoms with Gasteiger partial charge in [0.05, 0.1) is 6.10 Å². The number of aliphatic carboxylic acids is 1. The van der Waals surface area contributed by atoms with Crippen LogP contribution in [0.5, 0.6) is 0 Å². The van der Waals surface area contributed by atoms with E-state index < -0.39 is 18.1 Å². The molecule has 5 heteroatoms. The Morgan fingerprint density at radius 3 is 2.50 bits per heavy atom. The highest BCUT2D eigenvalue weighted by atomic mass is 127. The van der Waals surface area contributed by atoms with Crippen LogP contribution in [0.3, 0.4) is 0 Å². The van der Waals surface area contributed by atoms with E-state index in [1.165, 1.54) is 0 Å². The molecule has 1 aliphatic rings. The average Bonchev–Trinajstić information content (AvgIpc) is 2.11. The highest BCUT2D eigenvalue weighted by Gasteiger charge is 2.36. The van der Waals surface area contributed by atoms with Crippen LogP contribution in [-0.4, -0.2) is 38.0 Å². The molecule has 0 saturated carbocycles. The Bertz CT molecular complexity index is 142. The van der Waals surface area contributed by atoms with Gasteiger partial charge >= 0.3 is 5.97 Å². The van der Waals surface area contributed by atoms with Crippen LogP contribution >= 0.6 is 22.9 Å². The van der Waals surface area contributed by atoms with Crippen LogP contribution < -0.4 is 0 Å². The molecule has 2 unspecified atom stereocenters. The van der Waals surface area contributed by atoms with Crippen molar-refractivity contribution in [3.63, 3.8) is 0 Å². The van der Waals surface area contributed by atoms with E-state index in [9.17, 15) is 4.79 Å². The highest BCUT2D eigenvalue weighted by Crippen LogP contribution is 2.21. The Kier molecular flexibility index (Phi) is 2.48. The van der Waals surface area contributed by atoms with Crippen molar-refractivity contribution in [1.82, 2.24) is 3.11 Å². The molecule has 4 nitrogen and oxygen atoms in total. The second-order valence-corrected chi connectivity index (χ2v) is 3.50. The predicted molar refractivity (Wildman–Crippen MR) is 42.8 cm³/mol. The molecular formula is C5H8INO3. The molecule has 0 bridgehead atoms. The van der Waals surface area contributed by atoms with Crippen molar-refractivity contribution in [3.8, 4) is 0 Å². The van der Waals surface area contributed by atoms with Crippen molar-refractivity contribution in [1.29, 1.82) is 0 Å². The SMILES string of the molecule is O=C(O)C1C(O)CCN1I. The fraction of sp³-hybridized carbons (Fsp3) is 0.800. The van der Waals surface area contributed by atoms with Crippen LogP contribution in [0, 0.1) is 0 Å². The summed E-state index contributed by atoms with van der Waals surface area (Å²) in [6, 6.07) is -0.708. The van der Waals surface area contributed by atoms with Crippen LogP contribution in [0.25, 0.3) is 0 Å². The molecule has 1 heterocycles. The molecule has 0 aromatic carbocycles. The maximum Gasteiger partial charge on any atom is 0.324 e. The molecule has 0 aromatic heterocycles. The minimum absolute atomic E-state index is 0.555. The number of carbonyl (C=O) groups is 1. The second kappa shape index (κ2) is 3.02. The number of rotatable bonds is 1. The van der Waals surface area contributed by atoms with Gasteiger partial charge in [-0.1, -0.05) is 0 Å². The summed E-state index contributed by atoms with van der Waals surface area (Å²) >= 11 is 1.92. The first-order chi connectivity index (χ1) is 4.63. The minimum Gasteiger partial charge on any atom is -0.480 e. The minimum atomic E-state index is -0.945. The lowest BCUT2D eigenvalue weighted by molar-refractivity contribution is -0.142. The summed E-state index contributed by atoms with van der Waals surface area (Å²) in [5.74, 6) is -0.945. The topological polar surface area (TPSA) is 60.8 Å². The lowest BCUT2D eigenvalue weighted by atomic mass is 10.2. The highest BCUT2D eigenvalue weighted by molar-refractivity contribution is 14.1. The molecule has 58 valence electrons. The Morgan fingerprint density at radius 2 is 2.30 bits per heavy atom. The van der Waals surface area contributed by atoms with E-state index in [4.69, 9.17) is 10.2 Å². The fourth-order valence-corrected chi connectivity index (χ4v) is 1.91. The summed E-state index contributed by atoms with van der Waals surface area (Å²) in [5.41, 5.74) is 0. The van der Waals surface area contributed by atoms with E-state index in [0.717, 1.165) is 0 Å². The first kappa shape index (κ1) is 8.22. The first-order valence-corrected chi connectivity index (χ1v) is 3.92. The third kappa shape index (κ3) is 1.40. The Morgan fingerprint density at radius 1 is 1.70 bits per heavy atom. The van der Waals surface area contributed by atoms with Gasteiger partial charge in [-0.3, -0.25) is 4.79 Å². The van der Waals surface area contributed by atoms with Gasteiger partial charge in [0.2, 0.25) is 0 Å². The van der Waals surface area contributed by atoms with Gasteiger partial charge in [0.15, 0.2) is 0 Å². The first-order valence-electron chi connectivity index (χ1n) is 2.96. The summed E-state index contributed by atoms with van der Waals surface area (Å²) in [4.78, 5) is 10.4. The van der Waals surface area contributed by atoms with Gasteiger partial charge in [-0.15, -0.1) is 0 Å².